The Bertz CT molecular complexity index is 1030. The van der Waals surface area contributed by atoms with Crippen LogP contribution in [0.2, 0.25) is 0 Å². The number of nitrogens with zero attached hydrogens (tertiary/aromatic N) is 1. The SMILES string of the molecule is CC(C(=O)NCc1ccc(C(F)(F)F)nc1F)c1ccc(NS(C)(=O)=O)c(F)c1. The number of benzene rings is 1. The number of nitrogens with one attached hydrogen (secondary N) is 2. The zero-order valence-electron chi connectivity index (χ0n) is 15.1. The summed E-state index contributed by atoms with van der Waals surface area (Å²) in [5.41, 5.74) is -1.72. The monoisotopic (exact) mass is 437 g/mol. The van der Waals surface area contributed by atoms with Gasteiger partial charge in [-0.2, -0.15) is 17.6 Å². The van der Waals surface area contributed by atoms with E-state index in [4.69, 9.17) is 0 Å². The molecule has 12 heteroatoms. The van der Waals surface area contributed by atoms with Gasteiger partial charge in [0.05, 0.1) is 17.9 Å². The number of rotatable bonds is 6. The minimum absolute atomic E-state index is 0.213. The molecule has 1 unspecified atom stereocenters. The second-order valence-electron chi connectivity index (χ2n) is 6.20. The Morgan fingerprint density at radius 1 is 1.17 bits per heavy atom. The van der Waals surface area contributed by atoms with Gasteiger partial charge in [-0.1, -0.05) is 12.1 Å². The molecule has 158 valence electrons. The second kappa shape index (κ2) is 8.31. The first-order valence-electron chi connectivity index (χ1n) is 8.05. The summed E-state index contributed by atoms with van der Waals surface area (Å²) in [6, 6.07) is 4.91. The molecule has 0 radical (unpaired) electrons. The fourth-order valence-electron chi connectivity index (χ4n) is 2.32. The highest BCUT2D eigenvalue weighted by Gasteiger charge is 2.33. The third kappa shape index (κ3) is 6.11. The summed E-state index contributed by atoms with van der Waals surface area (Å²) < 4.78 is 89.5. The minimum atomic E-state index is -4.79. The number of anilines is 1. The van der Waals surface area contributed by atoms with Crippen LogP contribution < -0.4 is 10.0 Å². The van der Waals surface area contributed by atoms with Crippen LogP contribution in [-0.2, 0) is 27.5 Å². The molecular weight excluding hydrogens is 421 g/mol. The van der Waals surface area contributed by atoms with E-state index in [-0.39, 0.29) is 16.8 Å². The Balaban J connectivity index is 2.07. The Morgan fingerprint density at radius 3 is 2.34 bits per heavy atom. The molecule has 0 fully saturated rings. The number of hydrogen-bond donors (Lipinski definition) is 2. The Hall–Kier alpha value is -2.76. The Morgan fingerprint density at radius 2 is 1.83 bits per heavy atom. The second-order valence-corrected chi connectivity index (χ2v) is 7.95. The first-order valence-corrected chi connectivity index (χ1v) is 9.94. The van der Waals surface area contributed by atoms with Gasteiger partial charge in [-0.3, -0.25) is 9.52 Å². The van der Waals surface area contributed by atoms with Crippen LogP contribution in [0.5, 0.6) is 0 Å². The first-order chi connectivity index (χ1) is 13.3. The van der Waals surface area contributed by atoms with E-state index in [9.17, 15) is 35.2 Å². The number of sulfonamides is 1. The van der Waals surface area contributed by atoms with Gasteiger partial charge in [0.1, 0.15) is 11.5 Å². The first kappa shape index (κ1) is 22.5. The van der Waals surface area contributed by atoms with Crippen molar-refractivity contribution in [1.82, 2.24) is 10.3 Å². The summed E-state index contributed by atoms with van der Waals surface area (Å²) in [5.74, 6) is -3.81. The lowest BCUT2D eigenvalue weighted by atomic mass is 9.99. The molecule has 29 heavy (non-hydrogen) atoms. The van der Waals surface area contributed by atoms with Gasteiger partial charge in [0.2, 0.25) is 21.9 Å². The van der Waals surface area contributed by atoms with Crippen LogP contribution in [0.1, 0.15) is 29.7 Å². The van der Waals surface area contributed by atoms with Gasteiger partial charge in [-0.05, 0) is 30.7 Å². The van der Waals surface area contributed by atoms with Gasteiger partial charge in [0.25, 0.3) is 0 Å². The van der Waals surface area contributed by atoms with E-state index in [0.29, 0.717) is 6.07 Å². The van der Waals surface area contributed by atoms with E-state index in [1.165, 1.54) is 13.0 Å². The molecule has 0 aliphatic carbocycles. The maximum atomic E-state index is 14.0. The number of carbonyl (C=O) groups is 1. The van der Waals surface area contributed by atoms with Crippen LogP contribution in [0.3, 0.4) is 0 Å². The maximum Gasteiger partial charge on any atom is 0.433 e. The lowest BCUT2D eigenvalue weighted by molar-refractivity contribution is -0.141. The molecule has 1 amide bonds. The third-order valence-corrected chi connectivity index (χ3v) is 4.44. The van der Waals surface area contributed by atoms with Crippen LogP contribution in [0.15, 0.2) is 30.3 Å². The molecule has 2 aromatic rings. The Labute approximate surface area is 163 Å². The van der Waals surface area contributed by atoms with E-state index in [0.717, 1.165) is 24.5 Å². The van der Waals surface area contributed by atoms with Crippen molar-refractivity contribution in [2.75, 3.05) is 11.0 Å². The number of aromatic nitrogens is 1. The van der Waals surface area contributed by atoms with Crippen LogP contribution in [-0.4, -0.2) is 25.6 Å². The lowest BCUT2D eigenvalue weighted by Gasteiger charge is -2.14. The molecular formula is C17H16F5N3O3S. The quantitative estimate of drug-likeness (QED) is 0.537. The normalized spacial score (nSPS) is 13.1. The lowest BCUT2D eigenvalue weighted by Crippen LogP contribution is -2.28. The molecule has 1 atom stereocenters. The molecule has 1 heterocycles. The number of alkyl halides is 3. The van der Waals surface area contributed by atoms with Gasteiger partial charge < -0.3 is 5.32 Å². The van der Waals surface area contributed by atoms with Crippen molar-refractivity contribution in [3.63, 3.8) is 0 Å². The summed E-state index contributed by atoms with van der Waals surface area (Å²) in [6.07, 6.45) is -3.94. The van der Waals surface area contributed by atoms with Crippen LogP contribution in [0.4, 0.5) is 27.6 Å². The predicted molar refractivity (Wildman–Crippen MR) is 94.3 cm³/mol. The van der Waals surface area contributed by atoms with Crippen molar-refractivity contribution in [2.45, 2.75) is 25.6 Å². The summed E-state index contributed by atoms with van der Waals surface area (Å²) in [7, 11) is -3.69. The molecule has 0 saturated heterocycles. The largest absolute Gasteiger partial charge is 0.433 e. The third-order valence-electron chi connectivity index (χ3n) is 3.85. The average Bonchev–Trinajstić information content (AvgIpc) is 2.59. The summed E-state index contributed by atoms with van der Waals surface area (Å²) >= 11 is 0. The Kier molecular flexibility index (Phi) is 6.46. The van der Waals surface area contributed by atoms with E-state index in [1.54, 1.807) is 0 Å². The fourth-order valence-corrected chi connectivity index (χ4v) is 2.89. The van der Waals surface area contributed by atoms with E-state index < -0.39 is 52.0 Å². The van der Waals surface area contributed by atoms with Crippen LogP contribution in [0.25, 0.3) is 0 Å². The summed E-state index contributed by atoms with van der Waals surface area (Å²) in [4.78, 5) is 15.0. The highest BCUT2D eigenvalue weighted by Crippen LogP contribution is 2.28. The molecule has 6 nitrogen and oxygen atoms in total. The molecule has 2 N–H and O–H groups in total. The van der Waals surface area contributed by atoms with Crippen molar-refractivity contribution in [2.24, 2.45) is 0 Å². The number of amides is 1. The van der Waals surface area contributed by atoms with Crippen LogP contribution >= 0.6 is 0 Å². The fraction of sp³-hybridized carbons (Fsp3) is 0.294. The van der Waals surface area contributed by atoms with Crippen molar-refractivity contribution >= 4 is 21.6 Å². The molecule has 0 bridgehead atoms. The molecule has 0 aliphatic heterocycles. The average molecular weight is 437 g/mol. The van der Waals surface area contributed by atoms with Crippen molar-refractivity contribution < 1.29 is 35.2 Å². The van der Waals surface area contributed by atoms with E-state index in [1.807, 2.05) is 4.72 Å². The number of halogens is 5. The zero-order valence-corrected chi connectivity index (χ0v) is 16.0. The van der Waals surface area contributed by atoms with Crippen LogP contribution in [0, 0.1) is 11.8 Å². The molecule has 0 spiro atoms. The van der Waals surface area contributed by atoms with Crippen molar-refractivity contribution in [3.8, 4) is 0 Å². The highest BCUT2D eigenvalue weighted by atomic mass is 32.2. The number of carbonyl (C=O) groups excluding carboxylic acids is 1. The van der Waals surface area contributed by atoms with E-state index in [2.05, 4.69) is 10.3 Å². The maximum absolute atomic E-state index is 14.0. The standard InChI is InChI=1S/C17H16F5N3O3S/c1-9(10-3-5-13(12(18)7-10)25-29(2,27)28)16(26)23-8-11-4-6-14(17(20,21)22)24-15(11)19/h3-7,9,25H,8H2,1-2H3,(H,23,26). The van der Waals surface area contributed by atoms with Gasteiger partial charge >= 0.3 is 6.18 Å². The molecule has 1 aromatic heterocycles. The zero-order chi connectivity index (χ0) is 22.0. The highest BCUT2D eigenvalue weighted by molar-refractivity contribution is 7.92. The smallest absolute Gasteiger partial charge is 0.351 e. The minimum Gasteiger partial charge on any atom is -0.351 e. The van der Waals surface area contributed by atoms with E-state index >= 15 is 0 Å². The number of hydrogen-bond acceptors (Lipinski definition) is 4. The van der Waals surface area contributed by atoms with Gasteiger partial charge in [-0.15, -0.1) is 0 Å². The van der Waals surface area contributed by atoms with Crippen molar-refractivity contribution in [3.05, 3.63) is 58.9 Å². The molecule has 0 saturated carbocycles. The molecule has 2 rings (SSSR count). The summed E-state index contributed by atoms with van der Waals surface area (Å²) in [5, 5.41) is 2.33. The summed E-state index contributed by atoms with van der Waals surface area (Å²) in [6.45, 7) is 1.01. The molecule has 0 aliphatic rings. The topological polar surface area (TPSA) is 88.2 Å². The van der Waals surface area contributed by atoms with Crippen molar-refractivity contribution in [1.29, 1.82) is 0 Å². The predicted octanol–water partition coefficient (Wildman–Crippen LogP) is 3.17. The van der Waals surface area contributed by atoms with Gasteiger partial charge in [0, 0.05) is 12.1 Å². The number of pyridine rings is 1. The van der Waals surface area contributed by atoms with Gasteiger partial charge in [-0.25, -0.2) is 17.8 Å². The van der Waals surface area contributed by atoms with Gasteiger partial charge in [0.15, 0.2) is 0 Å². The molecule has 1 aromatic carbocycles.